The third kappa shape index (κ3) is 4.64. The van der Waals surface area contributed by atoms with Gasteiger partial charge in [0.15, 0.2) is 0 Å². The largest absolute Gasteiger partial charge is 0.364 e. The molecule has 0 bridgehead atoms. The normalized spacial score (nSPS) is 16.2. The van der Waals surface area contributed by atoms with Crippen molar-refractivity contribution in [3.8, 4) is 0 Å². The van der Waals surface area contributed by atoms with Crippen LogP contribution in [0.25, 0.3) is 15.9 Å². The minimum absolute atomic E-state index is 0.0306. The van der Waals surface area contributed by atoms with Crippen molar-refractivity contribution >= 4 is 34.1 Å². The van der Waals surface area contributed by atoms with Crippen molar-refractivity contribution in [2.75, 3.05) is 24.5 Å². The van der Waals surface area contributed by atoms with Gasteiger partial charge in [-0.2, -0.15) is 0 Å². The summed E-state index contributed by atoms with van der Waals surface area (Å²) in [5.74, 6) is -0.407. The van der Waals surface area contributed by atoms with Crippen molar-refractivity contribution < 1.29 is 8.78 Å². The first-order valence-electron chi connectivity index (χ1n) is 12.4. The van der Waals surface area contributed by atoms with Gasteiger partial charge in [-0.25, -0.2) is 8.78 Å². The van der Waals surface area contributed by atoms with Crippen LogP contribution in [0, 0.1) is 18.2 Å². The van der Waals surface area contributed by atoms with Gasteiger partial charge in [-0.1, -0.05) is 49.4 Å². The Bertz CT molecular complexity index is 1540. The molecule has 5 rings (SSSR count). The Hall–Kier alpha value is -3.80. The Morgan fingerprint density at radius 1 is 1.03 bits per heavy atom. The van der Waals surface area contributed by atoms with E-state index in [1.807, 2.05) is 0 Å². The number of aromatic nitrogens is 2. The van der Waals surface area contributed by atoms with E-state index in [-0.39, 0.29) is 40.1 Å². The van der Waals surface area contributed by atoms with Gasteiger partial charge in [-0.15, -0.1) is 4.98 Å². The number of rotatable bonds is 5. The Balaban J connectivity index is 1.57. The van der Waals surface area contributed by atoms with E-state index in [9.17, 15) is 13.6 Å². The molecule has 2 aromatic heterocycles. The molecule has 0 spiro atoms. The highest BCUT2D eigenvalue weighted by Gasteiger charge is 2.35. The second-order valence-electron chi connectivity index (χ2n) is 9.43. The fraction of sp³-hybridized carbons (Fsp3) is 0.276. The molecule has 3 heterocycles. The lowest BCUT2D eigenvalue weighted by atomic mass is 9.93. The standard InChI is InChI=1S/C29H26ClF2N5O/c1-4-22-17-36(28-25(30)29(38)35(3)23-13-14-24(33-2)34-26(23)28)15-16-37(22)27(18-5-9-20(31)10-6-18)19-7-11-21(32)12-8-19/h5-14,22,27H,4,15-17H2,1,3H3/t22-/m1/s1. The lowest BCUT2D eigenvalue weighted by Gasteiger charge is -2.46. The number of fused-ring (bicyclic) bond motifs is 1. The molecule has 1 aliphatic rings. The first kappa shape index (κ1) is 25.8. The predicted molar refractivity (Wildman–Crippen MR) is 146 cm³/mol. The van der Waals surface area contributed by atoms with E-state index in [2.05, 4.69) is 26.6 Å². The Morgan fingerprint density at radius 2 is 1.63 bits per heavy atom. The number of hydrogen-bond acceptors (Lipinski definition) is 4. The van der Waals surface area contributed by atoms with E-state index in [1.54, 1.807) is 43.4 Å². The van der Waals surface area contributed by atoms with E-state index in [0.29, 0.717) is 36.4 Å². The molecule has 0 N–H and O–H groups in total. The molecule has 1 aliphatic heterocycles. The molecule has 0 amide bonds. The van der Waals surface area contributed by atoms with Crippen molar-refractivity contribution in [3.63, 3.8) is 0 Å². The van der Waals surface area contributed by atoms with Crippen LogP contribution >= 0.6 is 11.6 Å². The quantitative estimate of drug-likeness (QED) is 0.291. The van der Waals surface area contributed by atoms with E-state index < -0.39 is 0 Å². The maximum atomic E-state index is 13.8. The van der Waals surface area contributed by atoms with Crippen LogP contribution in [0.1, 0.15) is 30.5 Å². The number of halogens is 3. The van der Waals surface area contributed by atoms with Crippen molar-refractivity contribution in [1.82, 2.24) is 14.5 Å². The third-order valence-electron chi connectivity index (χ3n) is 7.28. The Morgan fingerprint density at radius 3 is 2.18 bits per heavy atom. The number of hydrogen-bond donors (Lipinski definition) is 0. The average Bonchev–Trinajstić information content (AvgIpc) is 2.94. The van der Waals surface area contributed by atoms with Crippen molar-refractivity contribution in [3.05, 3.63) is 110 Å². The molecular weight excluding hydrogens is 508 g/mol. The summed E-state index contributed by atoms with van der Waals surface area (Å²) < 4.78 is 29.0. The number of piperazine rings is 1. The third-order valence-corrected chi connectivity index (χ3v) is 7.62. The van der Waals surface area contributed by atoms with Gasteiger partial charge in [0.1, 0.15) is 22.3 Å². The maximum absolute atomic E-state index is 13.8. The van der Waals surface area contributed by atoms with Gasteiger partial charge in [0.05, 0.1) is 11.6 Å². The van der Waals surface area contributed by atoms with E-state index in [0.717, 1.165) is 17.5 Å². The monoisotopic (exact) mass is 533 g/mol. The maximum Gasteiger partial charge on any atom is 0.271 e. The second kappa shape index (κ2) is 10.5. The number of aryl methyl sites for hydroxylation is 1. The van der Waals surface area contributed by atoms with Gasteiger partial charge < -0.3 is 14.3 Å². The SMILES string of the molecule is [C-]#[N+]c1ccc2c(n1)c(N1CCN(C(c3ccc(F)cc3)c3ccc(F)cc3)[C@H](CC)C1)c(Cl)c(=O)n2C. The summed E-state index contributed by atoms with van der Waals surface area (Å²) in [5, 5.41) is 0.0755. The molecule has 0 radical (unpaired) electrons. The van der Waals surface area contributed by atoms with Crippen LogP contribution in [-0.2, 0) is 7.05 Å². The van der Waals surface area contributed by atoms with Crippen LogP contribution in [0.2, 0.25) is 5.02 Å². The van der Waals surface area contributed by atoms with Gasteiger partial charge in [-0.3, -0.25) is 9.69 Å². The van der Waals surface area contributed by atoms with Crippen LogP contribution in [0.3, 0.4) is 0 Å². The number of pyridine rings is 2. The van der Waals surface area contributed by atoms with Crippen LogP contribution in [0.4, 0.5) is 20.3 Å². The first-order valence-corrected chi connectivity index (χ1v) is 12.8. The molecule has 1 fully saturated rings. The van der Waals surface area contributed by atoms with E-state index >= 15 is 0 Å². The average molecular weight is 534 g/mol. The fourth-order valence-electron chi connectivity index (χ4n) is 5.34. The number of anilines is 1. The number of benzene rings is 2. The van der Waals surface area contributed by atoms with Gasteiger partial charge in [0.25, 0.3) is 11.4 Å². The molecule has 2 aromatic carbocycles. The predicted octanol–water partition coefficient (Wildman–Crippen LogP) is 6.11. The molecule has 38 heavy (non-hydrogen) atoms. The topological polar surface area (TPSA) is 45.7 Å². The van der Waals surface area contributed by atoms with Crippen molar-refractivity contribution in [1.29, 1.82) is 0 Å². The van der Waals surface area contributed by atoms with Crippen molar-refractivity contribution in [2.45, 2.75) is 25.4 Å². The summed E-state index contributed by atoms with van der Waals surface area (Å²) in [7, 11) is 1.64. The van der Waals surface area contributed by atoms with Crippen LogP contribution < -0.4 is 10.5 Å². The zero-order valence-electron chi connectivity index (χ0n) is 21.0. The fourth-order valence-corrected chi connectivity index (χ4v) is 5.68. The molecular formula is C29H26ClF2N5O. The summed E-state index contributed by atoms with van der Waals surface area (Å²) in [5.41, 5.74) is 3.15. The summed E-state index contributed by atoms with van der Waals surface area (Å²) in [6.07, 6.45) is 0.788. The second-order valence-corrected chi connectivity index (χ2v) is 9.81. The molecule has 6 nitrogen and oxygen atoms in total. The van der Waals surface area contributed by atoms with Gasteiger partial charge in [0.2, 0.25) is 5.52 Å². The lowest BCUT2D eigenvalue weighted by molar-refractivity contribution is 0.135. The molecule has 0 saturated carbocycles. The highest BCUT2D eigenvalue weighted by atomic mass is 35.5. The minimum atomic E-state index is -0.322. The summed E-state index contributed by atoms with van der Waals surface area (Å²) in [6, 6.07) is 16.0. The molecule has 4 aromatic rings. The summed E-state index contributed by atoms with van der Waals surface area (Å²) in [4.78, 5) is 25.4. The zero-order valence-corrected chi connectivity index (χ0v) is 21.8. The van der Waals surface area contributed by atoms with Crippen LogP contribution in [0.15, 0.2) is 65.5 Å². The molecule has 9 heteroatoms. The lowest BCUT2D eigenvalue weighted by Crippen LogP contribution is -2.54. The van der Waals surface area contributed by atoms with Gasteiger partial charge in [-0.05, 0) is 53.9 Å². The Kier molecular flexibility index (Phi) is 7.15. The van der Waals surface area contributed by atoms with Crippen molar-refractivity contribution in [2.24, 2.45) is 7.05 Å². The molecule has 0 aliphatic carbocycles. The first-order chi connectivity index (χ1) is 18.3. The molecule has 1 saturated heterocycles. The smallest absolute Gasteiger partial charge is 0.271 e. The highest BCUT2D eigenvalue weighted by Crippen LogP contribution is 2.37. The molecule has 194 valence electrons. The minimum Gasteiger partial charge on any atom is -0.364 e. The van der Waals surface area contributed by atoms with E-state index in [1.165, 1.54) is 28.8 Å². The van der Waals surface area contributed by atoms with Gasteiger partial charge in [0, 0.05) is 32.7 Å². The summed E-state index contributed by atoms with van der Waals surface area (Å²) >= 11 is 6.64. The molecule has 1 atom stereocenters. The highest BCUT2D eigenvalue weighted by molar-refractivity contribution is 6.34. The summed E-state index contributed by atoms with van der Waals surface area (Å²) in [6.45, 7) is 11.2. The number of nitrogens with zero attached hydrogens (tertiary/aromatic N) is 5. The van der Waals surface area contributed by atoms with Crippen LogP contribution in [0.5, 0.6) is 0 Å². The van der Waals surface area contributed by atoms with E-state index in [4.69, 9.17) is 18.2 Å². The van der Waals surface area contributed by atoms with Crippen LogP contribution in [-0.4, -0.2) is 40.1 Å². The zero-order chi connectivity index (χ0) is 27.0. The Labute approximate surface area is 224 Å². The molecule has 0 unspecified atom stereocenters. The van der Waals surface area contributed by atoms with Gasteiger partial charge >= 0.3 is 0 Å².